The van der Waals surface area contributed by atoms with Crippen molar-refractivity contribution in [3.63, 3.8) is 0 Å². The van der Waals surface area contributed by atoms with Crippen LogP contribution in [0.15, 0.2) is 29.1 Å². The number of H-pyrrole nitrogens is 1. The number of ether oxygens (including phenoxy) is 1. The van der Waals surface area contributed by atoms with E-state index >= 15 is 0 Å². The lowest BCUT2D eigenvalue weighted by atomic mass is 9.91. The van der Waals surface area contributed by atoms with Crippen molar-refractivity contribution < 1.29 is 9.53 Å². The highest BCUT2D eigenvalue weighted by atomic mass is 16.5. The van der Waals surface area contributed by atoms with Crippen molar-refractivity contribution >= 4 is 16.9 Å². The number of nitrogens with one attached hydrogen (secondary N) is 1. The van der Waals surface area contributed by atoms with E-state index in [2.05, 4.69) is 45.3 Å². The fourth-order valence-corrected chi connectivity index (χ4v) is 5.20. The number of tetrazole rings is 1. The molecule has 1 aliphatic carbocycles. The number of aromatic nitrogens is 5. The average Bonchev–Trinajstić information content (AvgIpc) is 3.30. The molecule has 9 heteroatoms. The third-order valence-electron chi connectivity index (χ3n) is 6.88. The number of carbonyl (C=O) groups excluding carboxylic acids is 1. The first-order chi connectivity index (χ1) is 17.0. The zero-order valence-corrected chi connectivity index (χ0v) is 21.0. The number of aromatic amines is 1. The monoisotopic (exact) mass is 480 g/mol. The van der Waals surface area contributed by atoms with E-state index in [0.717, 1.165) is 47.7 Å². The summed E-state index contributed by atoms with van der Waals surface area (Å²) < 4.78 is 6.69. The third-order valence-corrected chi connectivity index (χ3v) is 6.88. The second-order valence-electron chi connectivity index (χ2n) is 9.48. The molecule has 2 heterocycles. The molecule has 2 aromatic heterocycles. The molecule has 4 rings (SSSR count). The number of esters is 1. The lowest BCUT2D eigenvalue weighted by Crippen LogP contribution is -2.41. The molecule has 1 unspecified atom stereocenters. The minimum atomic E-state index is -0.359. The number of hydrogen-bond acceptors (Lipinski definition) is 7. The number of hydrogen-bond donors (Lipinski definition) is 1. The van der Waals surface area contributed by atoms with E-state index in [1.807, 2.05) is 18.2 Å². The van der Waals surface area contributed by atoms with Gasteiger partial charge >= 0.3 is 5.97 Å². The molecule has 0 bridgehead atoms. The van der Waals surface area contributed by atoms with E-state index in [4.69, 9.17) is 4.74 Å². The van der Waals surface area contributed by atoms with E-state index in [0.29, 0.717) is 25.0 Å². The summed E-state index contributed by atoms with van der Waals surface area (Å²) in [6.45, 7) is 6.76. The molecule has 1 saturated carbocycles. The molecule has 1 N–H and O–H groups in total. The summed E-state index contributed by atoms with van der Waals surface area (Å²) in [5.41, 5.74) is 2.67. The second kappa shape index (κ2) is 11.6. The van der Waals surface area contributed by atoms with Gasteiger partial charge in [0.25, 0.3) is 5.56 Å². The Morgan fingerprint density at radius 3 is 2.77 bits per heavy atom. The Balaban J connectivity index is 1.72. The average molecular weight is 481 g/mol. The summed E-state index contributed by atoms with van der Waals surface area (Å²) in [4.78, 5) is 30.8. The molecule has 9 nitrogen and oxygen atoms in total. The minimum Gasteiger partial charge on any atom is -0.465 e. The van der Waals surface area contributed by atoms with Gasteiger partial charge < -0.3 is 9.72 Å². The van der Waals surface area contributed by atoms with Gasteiger partial charge in [-0.05, 0) is 67.1 Å². The summed E-state index contributed by atoms with van der Waals surface area (Å²) in [7, 11) is 0. The van der Waals surface area contributed by atoms with Crippen molar-refractivity contribution in [2.75, 3.05) is 6.61 Å². The van der Waals surface area contributed by atoms with Gasteiger partial charge in [-0.1, -0.05) is 44.2 Å². The lowest BCUT2D eigenvalue weighted by molar-refractivity contribution is -0.144. The minimum absolute atomic E-state index is 0.0231. The molecule has 1 aromatic carbocycles. The molecule has 0 saturated heterocycles. The van der Waals surface area contributed by atoms with Crippen LogP contribution in [0.5, 0.6) is 0 Å². The van der Waals surface area contributed by atoms with E-state index in [9.17, 15) is 9.59 Å². The van der Waals surface area contributed by atoms with E-state index in [1.165, 1.54) is 19.3 Å². The van der Waals surface area contributed by atoms with E-state index < -0.39 is 0 Å². The zero-order valence-electron chi connectivity index (χ0n) is 21.0. The summed E-state index contributed by atoms with van der Waals surface area (Å²) in [5.74, 6) is 0.292. The molecular formula is C26H36N6O3. The van der Waals surface area contributed by atoms with Crippen LogP contribution in [0.3, 0.4) is 0 Å². The Kier molecular flexibility index (Phi) is 8.28. The molecule has 0 radical (unpaired) electrons. The first-order valence-corrected chi connectivity index (χ1v) is 12.8. The van der Waals surface area contributed by atoms with Gasteiger partial charge in [-0.25, -0.2) is 4.68 Å². The SMILES string of the molecule is CCCC(c1nnnn1CC(=O)OCC)N(Cc1cc2cc(C)ccc2[nH]c1=O)C1CCCCC1. The molecule has 3 aromatic rings. The van der Waals surface area contributed by atoms with Gasteiger partial charge in [-0.15, -0.1) is 5.10 Å². The van der Waals surface area contributed by atoms with Crippen LogP contribution in [0.2, 0.25) is 0 Å². The van der Waals surface area contributed by atoms with Gasteiger partial charge in [0.1, 0.15) is 6.54 Å². The smallest absolute Gasteiger partial charge is 0.327 e. The number of benzene rings is 1. The molecule has 1 fully saturated rings. The van der Waals surface area contributed by atoms with Crippen molar-refractivity contribution in [2.24, 2.45) is 0 Å². The molecule has 1 aliphatic rings. The molecule has 35 heavy (non-hydrogen) atoms. The van der Waals surface area contributed by atoms with E-state index in [-0.39, 0.29) is 24.1 Å². The number of rotatable bonds is 10. The van der Waals surface area contributed by atoms with Crippen LogP contribution in [0.4, 0.5) is 0 Å². The molecular weight excluding hydrogens is 444 g/mol. The number of fused-ring (bicyclic) bond motifs is 1. The fraction of sp³-hybridized carbons (Fsp3) is 0.577. The summed E-state index contributed by atoms with van der Waals surface area (Å²) in [6, 6.07) is 8.29. The Morgan fingerprint density at radius 1 is 1.23 bits per heavy atom. The van der Waals surface area contributed by atoms with Crippen LogP contribution in [-0.2, 0) is 22.6 Å². The molecule has 0 amide bonds. The first kappa shape index (κ1) is 25.0. The van der Waals surface area contributed by atoms with Gasteiger partial charge in [-0.2, -0.15) is 0 Å². The van der Waals surface area contributed by atoms with Crippen LogP contribution in [-0.4, -0.2) is 48.7 Å². The predicted molar refractivity (Wildman–Crippen MR) is 134 cm³/mol. The number of aryl methyl sites for hydroxylation is 1. The zero-order chi connectivity index (χ0) is 24.8. The van der Waals surface area contributed by atoms with Crippen molar-refractivity contribution in [2.45, 2.75) is 90.9 Å². The summed E-state index contributed by atoms with van der Waals surface area (Å²) in [6.07, 6.45) is 7.47. The Labute approximate surface area is 205 Å². The van der Waals surface area contributed by atoms with Crippen molar-refractivity contribution in [3.8, 4) is 0 Å². The van der Waals surface area contributed by atoms with Gasteiger partial charge in [0, 0.05) is 23.7 Å². The normalized spacial score (nSPS) is 15.5. The number of nitrogens with zero attached hydrogens (tertiary/aromatic N) is 5. The molecule has 188 valence electrons. The lowest BCUT2D eigenvalue weighted by Gasteiger charge is -2.39. The van der Waals surface area contributed by atoms with Gasteiger partial charge in [0.2, 0.25) is 0 Å². The highest BCUT2D eigenvalue weighted by molar-refractivity contribution is 5.79. The highest BCUT2D eigenvalue weighted by Crippen LogP contribution is 2.33. The van der Waals surface area contributed by atoms with Crippen LogP contribution in [0, 0.1) is 6.92 Å². The van der Waals surface area contributed by atoms with Crippen molar-refractivity contribution in [3.05, 3.63) is 51.6 Å². The summed E-state index contributed by atoms with van der Waals surface area (Å²) >= 11 is 0. The van der Waals surface area contributed by atoms with Gasteiger partial charge in [0.15, 0.2) is 5.82 Å². The number of pyridine rings is 1. The van der Waals surface area contributed by atoms with Crippen molar-refractivity contribution in [1.29, 1.82) is 0 Å². The second-order valence-corrected chi connectivity index (χ2v) is 9.48. The molecule has 0 spiro atoms. The van der Waals surface area contributed by atoms with Crippen molar-refractivity contribution in [1.82, 2.24) is 30.1 Å². The summed E-state index contributed by atoms with van der Waals surface area (Å²) in [5, 5.41) is 13.4. The van der Waals surface area contributed by atoms with E-state index in [1.54, 1.807) is 11.6 Å². The predicted octanol–water partition coefficient (Wildman–Crippen LogP) is 4.06. The Morgan fingerprint density at radius 2 is 2.03 bits per heavy atom. The van der Waals surface area contributed by atoms with Crippen LogP contribution < -0.4 is 5.56 Å². The topological polar surface area (TPSA) is 106 Å². The largest absolute Gasteiger partial charge is 0.465 e. The molecule has 1 atom stereocenters. The van der Waals surface area contributed by atoms with Crippen LogP contribution >= 0.6 is 0 Å². The highest BCUT2D eigenvalue weighted by Gasteiger charge is 2.33. The maximum Gasteiger partial charge on any atom is 0.327 e. The number of carbonyl (C=O) groups is 1. The fourth-order valence-electron chi connectivity index (χ4n) is 5.20. The Bertz CT molecular complexity index is 1200. The molecule has 0 aliphatic heterocycles. The van der Waals surface area contributed by atoms with Gasteiger partial charge in [-0.3, -0.25) is 14.5 Å². The standard InChI is InChI=1S/C26H36N6O3/c1-4-9-23(25-28-29-30-32(25)17-24(33)35-5-2)31(21-10-7-6-8-11-21)16-20-15-19-14-18(3)12-13-22(19)27-26(20)34/h12-15,21,23H,4-11,16-17H2,1-3H3,(H,27,34). The first-order valence-electron chi connectivity index (χ1n) is 12.8. The maximum absolute atomic E-state index is 13.1. The Hall–Kier alpha value is -3.07. The van der Waals surface area contributed by atoms with Gasteiger partial charge in [0.05, 0.1) is 12.6 Å². The third kappa shape index (κ3) is 5.96. The van der Waals surface area contributed by atoms with Crippen LogP contribution in [0.25, 0.3) is 10.9 Å². The van der Waals surface area contributed by atoms with Crippen LogP contribution in [0.1, 0.15) is 81.8 Å². The quantitative estimate of drug-likeness (QED) is 0.436. The maximum atomic E-state index is 13.1.